The van der Waals surface area contributed by atoms with E-state index in [0.717, 1.165) is 0 Å². The van der Waals surface area contributed by atoms with Crippen molar-refractivity contribution in [1.29, 1.82) is 0 Å². The van der Waals surface area contributed by atoms with E-state index in [9.17, 15) is 5.48 Å². The number of fused-ring (bicyclic) bond motifs is 6. The van der Waals surface area contributed by atoms with Crippen LogP contribution in [0.1, 0.15) is 24.7 Å². The zero-order valence-electron chi connectivity index (χ0n) is 40.0. The van der Waals surface area contributed by atoms with E-state index in [0.29, 0.717) is 21.5 Å². The highest BCUT2D eigenvalue weighted by Gasteiger charge is 2.18. The Kier molecular flexibility index (Phi) is 2.70. The highest BCUT2D eigenvalue weighted by atomic mass is 16.3. The second kappa shape index (κ2) is 9.44. The van der Waals surface area contributed by atoms with Crippen LogP contribution in [0.4, 0.5) is 0 Å². The molecule has 0 spiro atoms. The number of hydrogen-bond donors (Lipinski definition) is 0. The molecule has 0 aliphatic carbocycles. The minimum Gasteiger partial charge on any atom is -0.456 e. The van der Waals surface area contributed by atoms with Crippen molar-refractivity contribution in [1.82, 2.24) is 0 Å². The van der Waals surface area contributed by atoms with Gasteiger partial charge >= 0.3 is 0 Å². The summed E-state index contributed by atoms with van der Waals surface area (Å²) in [6.45, 7) is 0. The largest absolute Gasteiger partial charge is 0.456 e. The Labute approximate surface area is 274 Å². The van der Waals surface area contributed by atoms with Crippen LogP contribution in [0, 0.1) is 0 Å². The number of para-hydroxylation sites is 1. The molecule has 0 N–H and O–H groups in total. The Bertz CT molecular complexity index is 3450. The second-order valence-electron chi connectivity index (χ2n) is 9.85. The van der Waals surface area contributed by atoms with E-state index in [2.05, 4.69) is 0 Å². The number of furan rings is 1. The van der Waals surface area contributed by atoms with Gasteiger partial charge < -0.3 is 4.42 Å². The lowest BCUT2D eigenvalue weighted by Gasteiger charge is -2.19. The molecule has 0 saturated carbocycles. The van der Waals surface area contributed by atoms with Gasteiger partial charge in [-0.3, -0.25) is 0 Å². The summed E-state index contributed by atoms with van der Waals surface area (Å²) < 4.78 is 165. The van der Waals surface area contributed by atoms with Crippen molar-refractivity contribution in [3.63, 3.8) is 0 Å². The minimum absolute atomic E-state index is 0.0539. The number of benzene rings is 8. The van der Waals surface area contributed by atoms with Gasteiger partial charge in [0, 0.05) is 10.8 Å². The Morgan fingerprint density at radius 1 is 0.395 bits per heavy atom. The summed E-state index contributed by atoms with van der Waals surface area (Å²) in [6, 6.07) is 2.47. The van der Waals surface area contributed by atoms with E-state index in [1.165, 1.54) is 0 Å². The van der Waals surface area contributed by atoms with Crippen LogP contribution in [0.25, 0.3) is 87.6 Å². The van der Waals surface area contributed by atoms with Crippen molar-refractivity contribution >= 4 is 54.3 Å². The van der Waals surface area contributed by atoms with Crippen molar-refractivity contribution in [2.45, 2.75) is 0 Å². The molecule has 0 unspecified atom stereocenters. The fourth-order valence-electron chi connectivity index (χ4n) is 5.69. The fraction of sp³-hybridized carbons (Fsp3) is 0. The Hall–Kier alpha value is -5.66. The molecular weight excluding hydrogens is 520 g/mol. The van der Waals surface area contributed by atoms with Gasteiger partial charge in [-0.25, -0.2) is 0 Å². The van der Waals surface area contributed by atoms with Gasteiger partial charge in [0.1, 0.15) is 11.2 Å². The van der Waals surface area contributed by atoms with E-state index in [1.807, 2.05) is 0 Å². The van der Waals surface area contributed by atoms with Crippen molar-refractivity contribution in [3.8, 4) is 33.4 Å². The first kappa shape index (κ1) is 12.3. The Balaban J connectivity index is 1.46. The summed E-state index contributed by atoms with van der Waals surface area (Å²) in [4.78, 5) is 0. The first-order valence-corrected chi connectivity index (χ1v) is 13.3. The summed E-state index contributed by atoms with van der Waals surface area (Å²) in [7, 11) is 0. The number of hydrogen-bond acceptors (Lipinski definition) is 1. The van der Waals surface area contributed by atoms with Crippen LogP contribution in [0.5, 0.6) is 0 Å². The topological polar surface area (TPSA) is 13.1 Å². The maximum atomic E-state index is 9.74. The smallest absolute Gasteiger partial charge is 0.135 e. The number of rotatable bonds is 3. The Morgan fingerprint density at radius 2 is 0.977 bits per heavy atom. The lowest BCUT2D eigenvalue weighted by atomic mass is 9.84. The predicted molar refractivity (Wildman–Crippen MR) is 183 cm³/mol. The fourth-order valence-corrected chi connectivity index (χ4v) is 5.69. The summed E-state index contributed by atoms with van der Waals surface area (Å²) in [5, 5.41) is 0.422. The molecule has 9 rings (SSSR count). The third kappa shape index (κ3) is 3.72. The maximum absolute atomic E-state index is 9.74. The molecule has 1 nitrogen and oxygen atoms in total. The van der Waals surface area contributed by atoms with Gasteiger partial charge in [0.25, 0.3) is 0 Å². The van der Waals surface area contributed by atoms with Gasteiger partial charge in [-0.15, -0.1) is 0 Å². The molecule has 8 aromatic carbocycles. The summed E-state index contributed by atoms with van der Waals surface area (Å²) >= 11 is 0. The van der Waals surface area contributed by atoms with Crippen LogP contribution < -0.4 is 0 Å². The highest BCUT2D eigenvalue weighted by Crippen LogP contribution is 2.45. The summed E-state index contributed by atoms with van der Waals surface area (Å²) in [5.74, 6) is 0. The molecule has 9 aromatic rings. The SMILES string of the molecule is [2H]c1c([2H])c(-c2c([2H])c([2H])c3oc4c([2H])c([2H])c([2H])c([2H])c4c3c2[2H])c([2H])c(-c2c3ccccc3c(-c3c([2H])c([2H])c([2H])c4c([2H])c([2H])c([2H])c([2H])c34)c3ccccc23)c1[2H]. The van der Waals surface area contributed by atoms with Crippen molar-refractivity contribution in [2.75, 3.05) is 0 Å². The van der Waals surface area contributed by atoms with E-state index in [4.69, 9.17) is 23.6 Å². The first-order valence-electron chi connectivity index (χ1n) is 22.3. The quantitative estimate of drug-likeness (QED) is 0.195. The van der Waals surface area contributed by atoms with Crippen LogP contribution in [-0.4, -0.2) is 0 Å². The summed E-state index contributed by atoms with van der Waals surface area (Å²) in [5.41, 5.74) is -1.49. The molecule has 0 aliphatic rings. The molecule has 0 amide bonds. The second-order valence-corrected chi connectivity index (χ2v) is 9.85. The predicted octanol–water partition coefficient (Wildman–Crippen LogP) is 12.0. The van der Waals surface area contributed by atoms with E-state index in [-0.39, 0.29) is 55.0 Å². The van der Waals surface area contributed by atoms with Gasteiger partial charge in [-0.2, -0.15) is 0 Å². The molecule has 0 saturated heterocycles. The molecule has 43 heavy (non-hydrogen) atoms. The third-order valence-electron chi connectivity index (χ3n) is 7.50. The van der Waals surface area contributed by atoms with E-state index >= 15 is 0 Å². The molecule has 200 valence electrons. The average Bonchev–Trinajstić information content (AvgIpc) is 3.66. The van der Waals surface area contributed by atoms with Gasteiger partial charge in [-0.1, -0.05) is 133 Å². The Morgan fingerprint density at radius 3 is 1.77 bits per heavy atom. The molecule has 0 bridgehead atoms. The molecule has 0 aliphatic heterocycles. The standard InChI is InChI=1S/C42H26O/c1-2-15-31-27(11-1)12-10-21-33(31)42-36-19-5-3-17-34(36)41(35-18-4-6-20-37(35)42)30-14-9-13-28(25-30)29-23-24-40-38(26-29)32-16-7-8-22-39(32)43-40/h1-26H/i1D,2D,7D,8D,9D,10D,11D,12D,13D,14D,15D,16D,21D,22D,23D,24D,25D,26D. The highest BCUT2D eigenvalue weighted by molar-refractivity contribution is 6.23. The lowest BCUT2D eigenvalue weighted by Crippen LogP contribution is -1.92. The zero-order valence-corrected chi connectivity index (χ0v) is 22.0. The lowest BCUT2D eigenvalue weighted by molar-refractivity contribution is 0.669. The molecule has 0 atom stereocenters. The molecule has 0 radical (unpaired) electrons. The van der Waals surface area contributed by atoms with E-state index in [1.54, 1.807) is 48.5 Å². The van der Waals surface area contributed by atoms with Crippen molar-refractivity contribution < 1.29 is 29.1 Å². The van der Waals surface area contributed by atoms with Crippen molar-refractivity contribution in [2.24, 2.45) is 0 Å². The van der Waals surface area contributed by atoms with E-state index < -0.39 is 120 Å². The first-order chi connectivity index (χ1) is 28.8. The molecule has 1 aromatic heterocycles. The average molecular weight is 565 g/mol. The van der Waals surface area contributed by atoms with Crippen LogP contribution >= 0.6 is 0 Å². The zero-order chi connectivity index (χ0) is 44.0. The summed E-state index contributed by atoms with van der Waals surface area (Å²) in [6.07, 6.45) is 0. The molecular formula is C42H26O. The van der Waals surface area contributed by atoms with Gasteiger partial charge in [0.05, 0.1) is 24.7 Å². The minimum atomic E-state index is -0.711. The molecule has 1 heterocycles. The van der Waals surface area contributed by atoms with Crippen LogP contribution in [-0.2, 0) is 0 Å². The van der Waals surface area contributed by atoms with Crippen LogP contribution in [0.2, 0.25) is 0 Å². The third-order valence-corrected chi connectivity index (χ3v) is 7.50. The van der Waals surface area contributed by atoms with Gasteiger partial charge in [0.15, 0.2) is 0 Å². The van der Waals surface area contributed by atoms with Crippen LogP contribution in [0.15, 0.2) is 162 Å². The van der Waals surface area contributed by atoms with Crippen LogP contribution in [0.3, 0.4) is 0 Å². The van der Waals surface area contributed by atoms with Gasteiger partial charge in [-0.05, 0) is 89.9 Å². The molecule has 0 fully saturated rings. The monoisotopic (exact) mass is 564 g/mol. The maximum Gasteiger partial charge on any atom is 0.135 e. The van der Waals surface area contributed by atoms with Gasteiger partial charge in [0.2, 0.25) is 0 Å². The normalized spacial score (nSPS) is 17.6. The molecule has 1 heteroatoms. The van der Waals surface area contributed by atoms with Crippen molar-refractivity contribution in [3.05, 3.63) is 157 Å².